The summed E-state index contributed by atoms with van der Waals surface area (Å²) in [5.41, 5.74) is 3.78. The number of thioether (sulfide) groups is 1. The largest absolute Gasteiger partial charge is 0.355 e. The number of carbonyl (C=O) groups is 1. The maximum absolute atomic E-state index is 13.1. The number of piperidine rings is 1. The van der Waals surface area contributed by atoms with Crippen molar-refractivity contribution < 1.29 is 9.18 Å². The zero-order chi connectivity index (χ0) is 19.8. The van der Waals surface area contributed by atoms with Crippen LogP contribution in [-0.4, -0.2) is 36.2 Å². The fourth-order valence-electron chi connectivity index (χ4n) is 3.61. The van der Waals surface area contributed by atoms with E-state index in [2.05, 4.69) is 41.4 Å². The lowest BCUT2D eigenvalue weighted by molar-refractivity contribution is -0.126. The lowest BCUT2D eigenvalue weighted by Gasteiger charge is -2.32. The highest BCUT2D eigenvalue weighted by molar-refractivity contribution is 7.98. The Morgan fingerprint density at radius 3 is 2.79 bits per heavy atom. The van der Waals surface area contributed by atoms with Crippen molar-refractivity contribution in [3.63, 3.8) is 0 Å². The Hall–Kier alpha value is -1.85. The van der Waals surface area contributed by atoms with Crippen molar-refractivity contribution in [3.05, 3.63) is 71.0 Å². The van der Waals surface area contributed by atoms with Gasteiger partial charge in [-0.2, -0.15) is 11.8 Å². The Morgan fingerprint density at radius 2 is 2.00 bits per heavy atom. The molecule has 0 saturated carbocycles. The number of carbonyl (C=O) groups excluding carboxylic acids is 1. The van der Waals surface area contributed by atoms with Gasteiger partial charge in [-0.15, -0.1) is 0 Å². The molecule has 1 fully saturated rings. The van der Waals surface area contributed by atoms with Crippen molar-refractivity contribution in [2.75, 3.05) is 25.4 Å². The monoisotopic (exact) mass is 400 g/mol. The van der Waals surface area contributed by atoms with Gasteiger partial charge in [-0.1, -0.05) is 36.4 Å². The van der Waals surface area contributed by atoms with E-state index < -0.39 is 0 Å². The minimum Gasteiger partial charge on any atom is -0.355 e. The van der Waals surface area contributed by atoms with Crippen molar-refractivity contribution in [1.82, 2.24) is 10.2 Å². The predicted molar refractivity (Wildman–Crippen MR) is 115 cm³/mol. The minimum atomic E-state index is -0.208. The zero-order valence-electron chi connectivity index (χ0n) is 16.5. The van der Waals surface area contributed by atoms with Crippen LogP contribution in [0.5, 0.6) is 0 Å². The van der Waals surface area contributed by atoms with E-state index in [0.29, 0.717) is 6.54 Å². The molecule has 0 spiro atoms. The second kappa shape index (κ2) is 10.6. The van der Waals surface area contributed by atoms with Crippen molar-refractivity contribution in [2.45, 2.75) is 32.1 Å². The Labute approximate surface area is 171 Å². The third-order valence-electron chi connectivity index (χ3n) is 5.26. The van der Waals surface area contributed by atoms with Crippen molar-refractivity contribution in [2.24, 2.45) is 5.92 Å². The van der Waals surface area contributed by atoms with E-state index in [1.165, 1.54) is 23.3 Å². The first-order valence-electron chi connectivity index (χ1n) is 9.98. The van der Waals surface area contributed by atoms with E-state index in [-0.39, 0.29) is 17.6 Å². The number of halogens is 1. The van der Waals surface area contributed by atoms with E-state index in [4.69, 9.17) is 0 Å². The van der Waals surface area contributed by atoms with E-state index in [0.717, 1.165) is 49.5 Å². The van der Waals surface area contributed by atoms with Gasteiger partial charge in [0.25, 0.3) is 0 Å². The Kier molecular flexibility index (Phi) is 7.92. The van der Waals surface area contributed by atoms with Crippen molar-refractivity contribution in [3.8, 4) is 0 Å². The summed E-state index contributed by atoms with van der Waals surface area (Å²) < 4.78 is 13.1. The highest BCUT2D eigenvalue weighted by atomic mass is 32.2. The fourth-order valence-corrected chi connectivity index (χ4v) is 4.54. The van der Waals surface area contributed by atoms with Gasteiger partial charge in [-0.25, -0.2) is 4.39 Å². The zero-order valence-corrected chi connectivity index (χ0v) is 17.3. The van der Waals surface area contributed by atoms with E-state index in [9.17, 15) is 9.18 Å². The molecule has 0 aliphatic carbocycles. The van der Waals surface area contributed by atoms with Gasteiger partial charge in [-0.3, -0.25) is 9.69 Å². The average molecular weight is 401 g/mol. The number of nitrogens with zero attached hydrogens (tertiary/aromatic N) is 1. The van der Waals surface area contributed by atoms with E-state index in [1.54, 1.807) is 0 Å². The Bertz CT molecular complexity index is 765. The van der Waals surface area contributed by atoms with Gasteiger partial charge in [0.1, 0.15) is 5.82 Å². The first kappa shape index (κ1) is 20.9. The topological polar surface area (TPSA) is 32.3 Å². The van der Waals surface area contributed by atoms with Crippen LogP contribution >= 0.6 is 11.8 Å². The van der Waals surface area contributed by atoms with Crippen LogP contribution in [0.4, 0.5) is 4.39 Å². The predicted octanol–water partition coefficient (Wildman–Crippen LogP) is 4.40. The second-order valence-corrected chi connectivity index (χ2v) is 8.58. The van der Waals surface area contributed by atoms with Crippen LogP contribution in [0, 0.1) is 18.7 Å². The summed E-state index contributed by atoms with van der Waals surface area (Å²) >= 11 is 1.86. The van der Waals surface area contributed by atoms with Crippen LogP contribution in [-0.2, 0) is 17.1 Å². The van der Waals surface area contributed by atoms with Crippen LogP contribution < -0.4 is 5.32 Å². The lowest BCUT2D eigenvalue weighted by atomic mass is 9.96. The van der Waals surface area contributed by atoms with Crippen LogP contribution in [0.1, 0.15) is 29.5 Å². The maximum atomic E-state index is 13.1. The molecule has 150 valence electrons. The van der Waals surface area contributed by atoms with Crippen molar-refractivity contribution >= 4 is 17.7 Å². The van der Waals surface area contributed by atoms with Gasteiger partial charge in [0.05, 0.1) is 5.92 Å². The van der Waals surface area contributed by atoms with Crippen LogP contribution in [0.3, 0.4) is 0 Å². The molecule has 0 bridgehead atoms. The summed E-state index contributed by atoms with van der Waals surface area (Å²) in [6.07, 6.45) is 1.98. The summed E-state index contributed by atoms with van der Waals surface area (Å²) in [6, 6.07) is 15.1. The minimum absolute atomic E-state index is 0.0515. The normalized spacial score (nSPS) is 17.4. The summed E-state index contributed by atoms with van der Waals surface area (Å²) in [5.74, 6) is 1.92. The molecule has 1 aliphatic heterocycles. The number of benzene rings is 2. The molecule has 3 rings (SSSR count). The average Bonchev–Trinajstić information content (AvgIpc) is 2.71. The molecule has 0 unspecified atom stereocenters. The van der Waals surface area contributed by atoms with Crippen LogP contribution in [0.15, 0.2) is 48.5 Å². The highest BCUT2D eigenvalue weighted by Crippen LogP contribution is 2.19. The summed E-state index contributed by atoms with van der Waals surface area (Å²) in [7, 11) is 0. The SMILES string of the molecule is Cc1ccccc1CSCCNC(=O)[C@H]1CCCN(Cc2ccc(F)cc2)C1. The summed E-state index contributed by atoms with van der Waals surface area (Å²) in [5, 5.41) is 3.11. The van der Waals surface area contributed by atoms with Gasteiger partial charge in [-0.05, 0) is 55.1 Å². The molecule has 0 radical (unpaired) electrons. The summed E-state index contributed by atoms with van der Waals surface area (Å²) in [4.78, 5) is 14.8. The standard InChI is InChI=1S/C23H29FN2OS/c1-18-5-2-3-6-21(18)17-28-14-12-25-23(27)20-7-4-13-26(16-20)15-19-8-10-22(24)11-9-19/h2-3,5-6,8-11,20H,4,7,12-17H2,1H3,(H,25,27)/t20-/m0/s1. The molecule has 1 N–H and O–H groups in total. The van der Waals surface area contributed by atoms with Gasteiger partial charge in [0.15, 0.2) is 0 Å². The first-order valence-corrected chi connectivity index (χ1v) is 11.1. The number of hydrogen-bond donors (Lipinski definition) is 1. The number of nitrogens with one attached hydrogen (secondary N) is 1. The van der Waals surface area contributed by atoms with Gasteiger partial charge in [0.2, 0.25) is 5.91 Å². The third-order valence-corrected chi connectivity index (χ3v) is 6.27. The molecule has 1 amide bonds. The maximum Gasteiger partial charge on any atom is 0.224 e. The number of hydrogen-bond acceptors (Lipinski definition) is 3. The van der Waals surface area contributed by atoms with Gasteiger partial charge < -0.3 is 5.32 Å². The molecule has 3 nitrogen and oxygen atoms in total. The summed E-state index contributed by atoms with van der Waals surface area (Å²) in [6.45, 7) is 5.39. The number of rotatable bonds is 8. The van der Waals surface area contributed by atoms with Crippen LogP contribution in [0.25, 0.3) is 0 Å². The molecule has 5 heteroatoms. The molecule has 2 aromatic carbocycles. The molecule has 28 heavy (non-hydrogen) atoms. The number of likely N-dealkylation sites (tertiary alicyclic amines) is 1. The Morgan fingerprint density at radius 1 is 1.21 bits per heavy atom. The van der Waals surface area contributed by atoms with Crippen LogP contribution in [0.2, 0.25) is 0 Å². The highest BCUT2D eigenvalue weighted by Gasteiger charge is 2.25. The number of amides is 1. The fraction of sp³-hybridized carbons (Fsp3) is 0.435. The van der Waals surface area contributed by atoms with Gasteiger partial charge >= 0.3 is 0 Å². The Balaban J connectivity index is 1.36. The molecule has 1 heterocycles. The first-order chi connectivity index (χ1) is 13.6. The molecule has 1 atom stereocenters. The molecule has 1 saturated heterocycles. The quantitative estimate of drug-likeness (QED) is 0.667. The smallest absolute Gasteiger partial charge is 0.224 e. The lowest BCUT2D eigenvalue weighted by Crippen LogP contribution is -2.43. The van der Waals surface area contributed by atoms with Crippen molar-refractivity contribution in [1.29, 1.82) is 0 Å². The molecular formula is C23H29FN2OS. The molecule has 2 aromatic rings. The number of aryl methyl sites for hydroxylation is 1. The van der Waals surface area contributed by atoms with E-state index in [1.807, 2.05) is 23.9 Å². The van der Waals surface area contributed by atoms with E-state index >= 15 is 0 Å². The third kappa shape index (κ3) is 6.35. The molecular weight excluding hydrogens is 371 g/mol. The molecule has 0 aromatic heterocycles. The second-order valence-electron chi connectivity index (χ2n) is 7.47. The van der Waals surface area contributed by atoms with Gasteiger partial charge in [0, 0.05) is 31.1 Å². The molecule has 1 aliphatic rings.